The smallest absolute Gasteiger partial charge is 0.303 e. The minimum atomic E-state index is -1.13. The van der Waals surface area contributed by atoms with Crippen molar-refractivity contribution < 1.29 is 42.9 Å². The number of esters is 4. The number of halogens is 1. The Kier molecular flexibility index (Phi) is 7.61. The Bertz CT molecular complexity index is 506. The highest BCUT2D eigenvalue weighted by Gasteiger charge is 2.51. The molecule has 0 saturated carbocycles. The maximum atomic E-state index is 11.4. The molecular formula is C14H19BrO9. The van der Waals surface area contributed by atoms with E-state index < -0.39 is 53.3 Å². The average Bonchev–Trinajstić information content (AvgIpc) is 2.42. The molecule has 136 valence electrons. The van der Waals surface area contributed by atoms with Gasteiger partial charge in [0.05, 0.1) is 0 Å². The van der Waals surface area contributed by atoms with Crippen LogP contribution in [-0.2, 0) is 42.9 Å². The Morgan fingerprint density at radius 2 is 1.25 bits per heavy atom. The van der Waals surface area contributed by atoms with Gasteiger partial charge in [0.25, 0.3) is 0 Å². The second kappa shape index (κ2) is 8.97. The lowest BCUT2D eigenvalue weighted by atomic mass is 9.99. The fourth-order valence-electron chi connectivity index (χ4n) is 2.18. The molecule has 1 fully saturated rings. The second-order valence-corrected chi connectivity index (χ2v) is 5.95. The summed E-state index contributed by atoms with van der Waals surface area (Å²) in [5, 5.41) is -0.863. The summed E-state index contributed by atoms with van der Waals surface area (Å²) in [6.07, 6.45) is -4.22. The number of hydrogen-bond donors (Lipinski definition) is 0. The van der Waals surface area contributed by atoms with Gasteiger partial charge in [-0.1, -0.05) is 15.9 Å². The Labute approximate surface area is 147 Å². The molecule has 1 rings (SSSR count). The van der Waals surface area contributed by atoms with E-state index in [1.165, 1.54) is 13.8 Å². The molecule has 0 radical (unpaired) electrons. The van der Waals surface area contributed by atoms with E-state index in [1.54, 1.807) is 0 Å². The maximum absolute atomic E-state index is 11.4. The molecule has 0 aromatic rings. The number of rotatable bonds is 5. The van der Waals surface area contributed by atoms with Gasteiger partial charge < -0.3 is 23.7 Å². The van der Waals surface area contributed by atoms with Gasteiger partial charge in [-0.3, -0.25) is 19.2 Å². The summed E-state index contributed by atoms with van der Waals surface area (Å²) in [6, 6.07) is 0. The monoisotopic (exact) mass is 410 g/mol. The van der Waals surface area contributed by atoms with E-state index in [4.69, 9.17) is 23.7 Å². The molecule has 1 aliphatic rings. The lowest BCUT2D eigenvalue weighted by Gasteiger charge is -2.42. The van der Waals surface area contributed by atoms with Gasteiger partial charge in [0.15, 0.2) is 23.3 Å². The van der Waals surface area contributed by atoms with Crippen molar-refractivity contribution in [2.24, 2.45) is 0 Å². The molecule has 5 atom stereocenters. The van der Waals surface area contributed by atoms with Crippen LogP contribution in [0.3, 0.4) is 0 Å². The van der Waals surface area contributed by atoms with E-state index in [9.17, 15) is 19.2 Å². The molecule has 0 aromatic carbocycles. The van der Waals surface area contributed by atoms with Gasteiger partial charge in [-0.25, -0.2) is 0 Å². The van der Waals surface area contributed by atoms with Gasteiger partial charge in [-0.2, -0.15) is 0 Å². The Hall–Kier alpha value is -1.68. The third-order valence-corrected chi connectivity index (χ3v) is 3.67. The lowest BCUT2D eigenvalue weighted by Crippen LogP contribution is -2.60. The van der Waals surface area contributed by atoms with Crippen molar-refractivity contribution in [2.75, 3.05) is 6.61 Å². The second-order valence-electron chi connectivity index (χ2n) is 5.05. The minimum Gasteiger partial charge on any atom is -0.463 e. The zero-order valence-electron chi connectivity index (χ0n) is 13.6. The van der Waals surface area contributed by atoms with Gasteiger partial charge in [0, 0.05) is 27.7 Å². The Morgan fingerprint density at radius 3 is 1.71 bits per heavy atom. The van der Waals surface area contributed by atoms with Crippen molar-refractivity contribution in [1.82, 2.24) is 0 Å². The first-order valence-electron chi connectivity index (χ1n) is 7.06. The summed E-state index contributed by atoms with van der Waals surface area (Å²) in [6.45, 7) is 4.47. The summed E-state index contributed by atoms with van der Waals surface area (Å²) in [4.78, 5) is 45.1. The van der Waals surface area contributed by atoms with E-state index in [0.29, 0.717) is 0 Å². The van der Waals surface area contributed by atoms with Crippen molar-refractivity contribution in [3.8, 4) is 0 Å². The Morgan fingerprint density at radius 1 is 0.792 bits per heavy atom. The first kappa shape index (κ1) is 20.4. The molecule has 1 aliphatic heterocycles. The van der Waals surface area contributed by atoms with Crippen LogP contribution in [0.15, 0.2) is 0 Å². The molecule has 10 heteroatoms. The van der Waals surface area contributed by atoms with Gasteiger partial charge >= 0.3 is 23.9 Å². The summed E-state index contributed by atoms with van der Waals surface area (Å²) < 4.78 is 25.9. The third kappa shape index (κ3) is 6.08. The third-order valence-electron chi connectivity index (χ3n) is 2.93. The largest absolute Gasteiger partial charge is 0.463 e. The maximum Gasteiger partial charge on any atom is 0.303 e. The lowest BCUT2D eigenvalue weighted by molar-refractivity contribution is -0.236. The summed E-state index contributed by atoms with van der Waals surface area (Å²) in [7, 11) is 0. The normalized spacial score (nSPS) is 29.3. The summed E-state index contributed by atoms with van der Waals surface area (Å²) in [5.74, 6) is -2.52. The van der Waals surface area contributed by atoms with E-state index >= 15 is 0 Å². The zero-order chi connectivity index (χ0) is 18.4. The highest BCUT2D eigenvalue weighted by molar-refractivity contribution is 9.09. The summed E-state index contributed by atoms with van der Waals surface area (Å²) >= 11 is 3.18. The van der Waals surface area contributed by atoms with Gasteiger partial charge in [0.1, 0.15) is 12.7 Å². The van der Waals surface area contributed by atoms with E-state index in [-0.39, 0.29) is 6.61 Å². The first-order chi connectivity index (χ1) is 11.1. The van der Waals surface area contributed by atoms with Gasteiger partial charge in [0.2, 0.25) is 0 Å². The molecular weight excluding hydrogens is 392 g/mol. The highest BCUT2D eigenvalue weighted by atomic mass is 79.9. The van der Waals surface area contributed by atoms with Crippen LogP contribution in [0.25, 0.3) is 0 Å². The van der Waals surface area contributed by atoms with Crippen LogP contribution in [0.2, 0.25) is 0 Å². The topological polar surface area (TPSA) is 114 Å². The standard InChI is InChI=1S/C14H19BrO9/c1-6(16)20-5-10-11(21-7(2)17)12(22-8(3)18)13(14(15)24-10)23-9(4)19/h10-14H,5H2,1-4H3/t10-,11+,12+,13+,14-/m1/s1. The number of alkyl halides is 1. The fraction of sp³-hybridized carbons (Fsp3) is 0.714. The van der Waals surface area contributed by atoms with Crippen LogP contribution >= 0.6 is 15.9 Å². The van der Waals surface area contributed by atoms with E-state index in [1.807, 2.05) is 0 Å². The molecule has 0 aliphatic carbocycles. The molecule has 1 saturated heterocycles. The number of ether oxygens (including phenoxy) is 5. The quantitative estimate of drug-likeness (QED) is 0.362. The van der Waals surface area contributed by atoms with E-state index in [2.05, 4.69) is 15.9 Å². The Balaban J connectivity index is 3.11. The van der Waals surface area contributed by atoms with Gasteiger partial charge in [-0.05, 0) is 0 Å². The molecule has 0 aromatic heterocycles. The first-order valence-corrected chi connectivity index (χ1v) is 7.98. The molecule has 0 amide bonds. The average molecular weight is 411 g/mol. The number of carbonyl (C=O) groups is 4. The van der Waals surface area contributed by atoms with Crippen molar-refractivity contribution in [1.29, 1.82) is 0 Å². The van der Waals surface area contributed by atoms with Crippen LogP contribution < -0.4 is 0 Å². The molecule has 0 unspecified atom stereocenters. The molecule has 0 spiro atoms. The SMILES string of the molecule is CC(=O)OC[C@H]1O[C@@H](Br)[C@@H](OC(C)=O)[C@@H](OC(C)=O)[C@H]1OC(C)=O. The zero-order valence-corrected chi connectivity index (χ0v) is 15.2. The van der Waals surface area contributed by atoms with Gasteiger partial charge in [-0.15, -0.1) is 0 Å². The number of carbonyl (C=O) groups excluding carboxylic acids is 4. The van der Waals surface area contributed by atoms with Crippen LogP contribution in [0.5, 0.6) is 0 Å². The molecule has 9 nitrogen and oxygen atoms in total. The molecule has 0 bridgehead atoms. The van der Waals surface area contributed by atoms with E-state index in [0.717, 1.165) is 13.8 Å². The van der Waals surface area contributed by atoms with Crippen molar-refractivity contribution in [3.05, 3.63) is 0 Å². The van der Waals surface area contributed by atoms with Crippen molar-refractivity contribution in [2.45, 2.75) is 57.1 Å². The highest BCUT2D eigenvalue weighted by Crippen LogP contribution is 2.31. The predicted molar refractivity (Wildman–Crippen MR) is 80.9 cm³/mol. The minimum absolute atomic E-state index is 0.236. The van der Waals surface area contributed by atoms with Crippen molar-refractivity contribution >= 4 is 39.8 Å². The fourth-order valence-corrected chi connectivity index (χ4v) is 2.86. The van der Waals surface area contributed by atoms with Crippen LogP contribution in [0.4, 0.5) is 0 Å². The van der Waals surface area contributed by atoms with Crippen LogP contribution in [0.1, 0.15) is 27.7 Å². The predicted octanol–water partition coefficient (Wildman–Crippen LogP) is 0.464. The molecule has 0 N–H and O–H groups in total. The van der Waals surface area contributed by atoms with Crippen LogP contribution in [-0.4, -0.2) is 59.9 Å². The van der Waals surface area contributed by atoms with Crippen LogP contribution in [0, 0.1) is 0 Å². The molecule has 1 heterocycles. The van der Waals surface area contributed by atoms with Crippen molar-refractivity contribution in [3.63, 3.8) is 0 Å². The number of hydrogen-bond acceptors (Lipinski definition) is 9. The summed E-state index contributed by atoms with van der Waals surface area (Å²) in [5.41, 5.74) is 0. The molecule has 24 heavy (non-hydrogen) atoms.